The Hall–Kier alpha value is -0.120. The van der Waals surface area contributed by atoms with Crippen molar-refractivity contribution < 1.29 is 0 Å². The van der Waals surface area contributed by atoms with Gasteiger partial charge < -0.3 is 0 Å². The van der Waals surface area contributed by atoms with Gasteiger partial charge in [-0.2, -0.15) is 0 Å². The zero-order valence-corrected chi connectivity index (χ0v) is 9.82. The summed E-state index contributed by atoms with van der Waals surface area (Å²) in [5.41, 5.74) is 1.10. The fourth-order valence-electron chi connectivity index (χ4n) is 1.20. The lowest BCUT2D eigenvalue weighted by Gasteiger charge is -2.15. The van der Waals surface area contributed by atoms with Crippen LogP contribution in [0.25, 0.3) is 0 Å². The van der Waals surface area contributed by atoms with Crippen molar-refractivity contribution >= 4 is 22.9 Å². The molecular formula is C9H15ClN2S. The van der Waals surface area contributed by atoms with Gasteiger partial charge in [-0.25, -0.2) is 4.98 Å². The molecule has 74 valence electrons. The first-order valence-electron chi connectivity index (χ1n) is 4.31. The number of rotatable bonds is 4. The van der Waals surface area contributed by atoms with Gasteiger partial charge in [-0.3, -0.25) is 4.90 Å². The lowest BCUT2D eigenvalue weighted by molar-refractivity contribution is 0.329. The molecule has 1 atom stereocenters. The molecule has 0 spiro atoms. The largest absolute Gasteiger partial charge is 0.298 e. The first kappa shape index (κ1) is 11.0. The summed E-state index contributed by atoms with van der Waals surface area (Å²) in [5, 5.41) is 3.44. The summed E-state index contributed by atoms with van der Waals surface area (Å²) in [6.07, 6.45) is 0. The van der Waals surface area contributed by atoms with Gasteiger partial charge in [0, 0.05) is 23.0 Å². The van der Waals surface area contributed by atoms with Gasteiger partial charge in [0.25, 0.3) is 0 Å². The quantitative estimate of drug-likeness (QED) is 0.722. The topological polar surface area (TPSA) is 16.1 Å². The van der Waals surface area contributed by atoms with E-state index in [2.05, 4.69) is 22.3 Å². The third-order valence-corrected chi connectivity index (χ3v) is 2.72. The van der Waals surface area contributed by atoms with E-state index in [1.807, 2.05) is 13.8 Å². The van der Waals surface area contributed by atoms with Crippen LogP contribution in [0.15, 0.2) is 5.38 Å². The van der Waals surface area contributed by atoms with Gasteiger partial charge in [-0.1, -0.05) is 0 Å². The highest BCUT2D eigenvalue weighted by Gasteiger charge is 2.06. The van der Waals surface area contributed by atoms with Crippen molar-refractivity contribution in [2.75, 3.05) is 13.6 Å². The third-order valence-electron chi connectivity index (χ3n) is 1.64. The first-order chi connectivity index (χ1) is 6.08. The maximum atomic E-state index is 5.89. The van der Waals surface area contributed by atoms with E-state index in [1.165, 1.54) is 0 Å². The summed E-state index contributed by atoms with van der Waals surface area (Å²) in [6, 6.07) is 0. The molecule has 0 saturated carbocycles. The number of halogens is 1. The average Bonchev–Trinajstić information content (AvgIpc) is 2.33. The molecule has 0 radical (unpaired) electrons. The predicted octanol–water partition coefficient (Wildman–Crippen LogP) is 2.51. The number of nitrogens with zero attached hydrogens (tertiary/aromatic N) is 2. The van der Waals surface area contributed by atoms with Crippen molar-refractivity contribution in [2.45, 2.75) is 25.8 Å². The van der Waals surface area contributed by atoms with E-state index in [0.29, 0.717) is 0 Å². The van der Waals surface area contributed by atoms with Crippen LogP contribution in [-0.4, -0.2) is 28.9 Å². The maximum Gasteiger partial charge on any atom is 0.107 e. The Kier molecular flexibility index (Phi) is 4.16. The van der Waals surface area contributed by atoms with E-state index in [1.54, 1.807) is 11.3 Å². The van der Waals surface area contributed by atoms with Crippen LogP contribution in [0.1, 0.15) is 17.6 Å². The number of alkyl halides is 1. The molecule has 0 N–H and O–H groups in total. The minimum Gasteiger partial charge on any atom is -0.298 e. The zero-order chi connectivity index (χ0) is 9.84. The molecule has 0 saturated heterocycles. The molecule has 1 unspecified atom stereocenters. The Balaban J connectivity index is 2.40. The molecule has 4 heteroatoms. The molecule has 2 nitrogen and oxygen atoms in total. The highest BCUT2D eigenvalue weighted by molar-refractivity contribution is 7.09. The van der Waals surface area contributed by atoms with Crippen molar-refractivity contribution in [1.29, 1.82) is 0 Å². The van der Waals surface area contributed by atoms with Crippen molar-refractivity contribution in [2.24, 2.45) is 0 Å². The summed E-state index contributed by atoms with van der Waals surface area (Å²) < 4.78 is 0. The summed E-state index contributed by atoms with van der Waals surface area (Å²) in [4.78, 5) is 6.58. The van der Waals surface area contributed by atoms with Crippen LogP contribution >= 0.6 is 22.9 Å². The predicted molar refractivity (Wildman–Crippen MR) is 58.5 cm³/mol. The molecule has 0 amide bonds. The smallest absolute Gasteiger partial charge is 0.107 e. The van der Waals surface area contributed by atoms with Gasteiger partial charge in [-0.15, -0.1) is 22.9 Å². The highest BCUT2D eigenvalue weighted by atomic mass is 35.5. The lowest BCUT2D eigenvalue weighted by Crippen LogP contribution is -2.24. The second kappa shape index (κ2) is 4.94. The molecule has 0 fully saturated rings. The van der Waals surface area contributed by atoms with Crippen LogP contribution in [0.4, 0.5) is 0 Å². The number of thiazole rings is 1. The Morgan fingerprint density at radius 3 is 2.85 bits per heavy atom. The molecule has 1 aromatic heterocycles. The van der Waals surface area contributed by atoms with Crippen LogP contribution in [-0.2, 0) is 6.54 Å². The Bertz CT molecular complexity index is 260. The molecule has 1 aromatic rings. The second-order valence-electron chi connectivity index (χ2n) is 3.36. The first-order valence-corrected chi connectivity index (χ1v) is 5.63. The fourth-order valence-corrected chi connectivity index (χ4v) is 2.29. The molecule has 0 aliphatic heterocycles. The van der Waals surface area contributed by atoms with E-state index < -0.39 is 0 Å². The van der Waals surface area contributed by atoms with E-state index in [9.17, 15) is 0 Å². The summed E-state index contributed by atoms with van der Waals surface area (Å²) in [6.45, 7) is 5.82. The van der Waals surface area contributed by atoms with E-state index in [-0.39, 0.29) is 5.38 Å². The molecule has 0 bridgehead atoms. The number of aromatic nitrogens is 1. The fraction of sp³-hybridized carbons (Fsp3) is 0.667. The van der Waals surface area contributed by atoms with Crippen molar-refractivity contribution in [1.82, 2.24) is 9.88 Å². The van der Waals surface area contributed by atoms with Crippen LogP contribution in [0.2, 0.25) is 0 Å². The maximum absolute atomic E-state index is 5.89. The van der Waals surface area contributed by atoms with E-state index in [0.717, 1.165) is 23.8 Å². The lowest BCUT2D eigenvalue weighted by atomic mass is 10.4. The van der Waals surface area contributed by atoms with Gasteiger partial charge in [0.2, 0.25) is 0 Å². The number of aryl methyl sites for hydroxylation is 1. The van der Waals surface area contributed by atoms with Crippen molar-refractivity contribution in [3.05, 3.63) is 16.1 Å². The van der Waals surface area contributed by atoms with Gasteiger partial charge >= 0.3 is 0 Å². The van der Waals surface area contributed by atoms with Crippen molar-refractivity contribution in [3.63, 3.8) is 0 Å². The number of hydrogen-bond acceptors (Lipinski definition) is 3. The van der Waals surface area contributed by atoms with E-state index >= 15 is 0 Å². The van der Waals surface area contributed by atoms with Crippen molar-refractivity contribution in [3.8, 4) is 0 Å². The summed E-state index contributed by atoms with van der Waals surface area (Å²) in [7, 11) is 2.07. The molecule has 0 aliphatic carbocycles. The molecule has 1 rings (SSSR count). The minimum atomic E-state index is 0.200. The third kappa shape index (κ3) is 4.07. The zero-order valence-electron chi connectivity index (χ0n) is 8.25. The SMILES string of the molecule is Cc1csc(CN(C)CC(C)Cl)n1. The molecule has 0 aliphatic rings. The minimum absolute atomic E-state index is 0.200. The Morgan fingerprint density at radius 2 is 2.38 bits per heavy atom. The van der Waals surface area contributed by atoms with Gasteiger partial charge in [0.05, 0.1) is 6.54 Å². The molecule has 1 heterocycles. The average molecular weight is 219 g/mol. The second-order valence-corrected chi connectivity index (χ2v) is 5.05. The standard InChI is InChI=1S/C9H15ClN2S/c1-7(10)4-12(3)5-9-11-8(2)6-13-9/h6-7H,4-5H2,1-3H3. The highest BCUT2D eigenvalue weighted by Crippen LogP contribution is 2.11. The Labute approximate surface area is 88.5 Å². The summed E-state index contributed by atoms with van der Waals surface area (Å²) >= 11 is 7.59. The van der Waals surface area contributed by atoms with Crippen LogP contribution < -0.4 is 0 Å². The van der Waals surface area contributed by atoms with Crippen LogP contribution in [0.5, 0.6) is 0 Å². The number of hydrogen-bond donors (Lipinski definition) is 0. The van der Waals surface area contributed by atoms with Gasteiger partial charge in [0.1, 0.15) is 5.01 Å². The van der Waals surface area contributed by atoms with Crippen LogP contribution in [0.3, 0.4) is 0 Å². The molecular weight excluding hydrogens is 204 g/mol. The normalized spacial score (nSPS) is 13.6. The summed E-state index contributed by atoms with van der Waals surface area (Å²) in [5.74, 6) is 0. The van der Waals surface area contributed by atoms with Crippen LogP contribution in [0, 0.1) is 6.92 Å². The molecule has 0 aromatic carbocycles. The van der Waals surface area contributed by atoms with E-state index in [4.69, 9.17) is 11.6 Å². The van der Waals surface area contributed by atoms with Gasteiger partial charge in [0.15, 0.2) is 0 Å². The molecule has 13 heavy (non-hydrogen) atoms. The van der Waals surface area contributed by atoms with Gasteiger partial charge in [-0.05, 0) is 20.9 Å². The monoisotopic (exact) mass is 218 g/mol. The Morgan fingerprint density at radius 1 is 1.69 bits per heavy atom.